The summed E-state index contributed by atoms with van der Waals surface area (Å²) >= 11 is 0. The van der Waals surface area contributed by atoms with Crippen LogP contribution in [-0.2, 0) is 38.2 Å². The van der Waals surface area contributed by atoms with Gasteiger partial charge in [-0.3, -0.25) is 4.18 Å². The maximum Gasteiger partial charge on any atom is 0.333 e. The van der Waals surface area contributed by atoms with Crippen LogP contribution in [0.5, 0.6) is 0 Å². The van der Waals surface area contributed by atoms with Crippen LogP contribution in [0.2, 0.25) is 0 Å². The number of rotatable bonds is 6. The van der Waals surface area contributed by atoms with Gasteiger partial charge in [0.1, 0.15) is 12.7 Å². The highest BCUT2D eigenvalue weighted by Crippen LogP contribution is 2.40. The highest BCUT2D eigenvalue weighted by atomic mass is 32.2. The quantitative estimate of drug-likeness (QED) is 0.674. The minimum atomic E-state index is -4.14. The number of nitrogens with two attached hydrogens (primary N) is 1. The molecule has 0 amide bonds. The average Bonchev–Trinajstić information content (AvgIpc) is 2.68. The van der Waals surface area contributed by atoms with Gasteiger partial charge in [0, 0.05) is 13.5 Å². The van der Waals surface area contributed by atoms with Gasteiger partial charge in [-0.15, -0.1) is 0 Å². The molecule has 9 nitrogen and oxygen atoms in total. The van der Waals surface area contributed by atoms with E-state index in [2.05, 4.69) is 0 Å². The number of methoxy groups -OCH3 is 1. The van der Waals surface area contributed by atoms with Crippen LogP contribution in [0.4, 0.5) is 0 Å². The van der Waals surface area contributed by atoms with Crippen molar-refractivity contribution in [2.24, 2.45) is 5.14 Å². The minimum absolute atomic E-state index is 0.169. The lowest BCUT2D eigenvalue weighted by atomic mass is 10.0. The highest BCUT2D eigenvalue weighted by molar-refractivity contribution is 7.84. The third-order valence-corrected chi connectivity index (χ3v) is 4.12. The van der Waals surface area contributed by atoms with Crippen LogP contribution in [0.1, 0.15) is 34.1 Å². The van der Waals surface area contributed by atoms with Gasteiger partial charge in [-0.2, -0.15) is 8.42 Å². The molecule has 2 saturated heterocycles. The van der Waals surface area contributed by atoms with Gasteiger partial charge in [0.2, 0.25) is 0 Å². The standard InChI is InChI=1S/C13H25NO8S/c1-11(2,17-5)22-13(8-19-23(14,15)16)6-9-10(7-18-13)21-12(3,4)20-9/h9-10H,6-8H2,1-5H3,(H2,14,15,16). The summed E-state index contributed by atoms with van der Waals surface area (Å²) in [6.45, 7) is 6.71. The second-order valence-corrected chi connectivity index (χ2v) is 7.82. The zero-order valence-electron chi connectivity index (χ0n) is 14.0. The van der Waals surface area contributed by atoms with Crippen LogP contribution >= 0.6 is 0 Å². The molecule has 0 spiro atoms. The molecular formula is C13H25NO8S. The van der Waals surface area contributed by atoms with Crippen molar-refractivity contribution < 1.29 is 36.3 Å². The van der Waals surface area contributed by atoms with Crippen molar-refractivity contribution in [3.8, 4) is 0 Å². The lowest BCUT2D eigenvalue weighted by Crippen LogP contribution is -2.56. The fraction of sp³-hybridized carbons (Fsp3) is 1.00. The third-order valence-electron chi connectivity index (χ3n) is 3.67. The molecule has 2 rings (SSSR count). The van der Waals surface area contributed by atoms with Crippen molar-refractivity contribution in [3.63, 3.8) is 0 Å². The topological polar surface area (TPSA) is 116 Å². The Labute approximate surface area is 136 Å². The number of hydrogen-bond acceptors (Lipinski definition) is 8. The maximum absolute atomic E-state index is 11.1. The fourth-order valence-electron chi connectivity index (χ4n) is 2.69. The van der Waals surface area contributed by atoms with Crippen molar-refractivity contribution in [3.05, 3.63) is 0 Å². The molecule has 10 heteroatoms. The predicted molar refractivity (Wildman–Crippen MR) is 78.4 cm³/mol. The molecule has 2 aliphatic heterocycles. The summed E-state index contributed by atoms with van der Waals surface area (Å²) in [5, 5.41) is 4.91. The number of ether oxygens (including phenoxy) is 5. The highest BCUT2D eigenvalue weighted by Gasteiger charge is 2.53. The number of hydrogen-bond donors (Lipinski definition) is 1. The Morgan fingerprint density at radius 1 is 1.26 bits per heavy atom. The summed E-state index contributed by atoms with van der Waals surface area (Å²) in [5.41, 5.74) is 0. The molecule has 0 saturated carbocycles. The molecule has 0 aromatic rings. The van der Waals surface area contributed by atoms with E-state index in [1.165, 1.54) is 7.11 Å². The summed E-state index contributed by atoms with van der Waals surface area (Å²) in [5.74, 6) is -3.15. The van der Waals surface area contributed by atoms with Crippen LogP contribution < -0.4 is 5.14 Å². The second-order valence-electron chi connectivity index (χ2n) is 6.60. The Morgan fingerprint density at radius 2 is 1.87 bits per heavy atom. The first kappa shape index (κ1) is 19.0. The Balaban J connectivity index is 2.18. The Bertz CT molecular complexity index is 534. The monoisotopic (exact) mass is 355 g/mol. The van der Waals surface area contributed by atoms with E-state index < -0.39 is 34.3 Å². The van der Waals surface area contributed by atoms with E-state index in [1.54, 1.807) is 27.7 Å². The van der Waals surface area contributed by atoms with Crippen molar-refractivity contribution in [2.45, 2.75) is 63.7 Å². The molecule has 0 aromatic heterocycles. The second kappa shape index (κ2) is 6.19. The molecule has 0 aliphatic carbocycles. The van der Waals surface area contributed by atoms with Gasteiger partial charge in [-0.25, -0.2) is 5.14 Å². The molecule has 3 unspecified atom stereocenters. The smallest absolute Gasteiger partial charge is 0.333 e. The molecule has 0 aromatic carbocycles. The van der Waals surface area contributed by atoms with E-state index in [9.17, 15) is 8.42 Å². The first-order valence-electron chi connectivity index (χ1n) is 7.27. The van der Waals surface area contributed by atoms with Gasteiger partial charge in [-0.1, -0.05) is 0 Å². The fourth-order valence-corrected chi connectivity index (χ4v) is 3.03. The third kappa shape index (κ3) is 5.07. The Hall–Kier alpha value is -0.330. The van der Waals surface area contributed by atoms with Gasteiger partial charge >= 0.3 is 10.3 Å². The van der Waals surface area contributed by atoms with Gasteiger partial charge < -0.3 is 23.7 Å². The SMILES string of the molecule is COC(C)(C)OC1(COS(N)(=O)=O)CC2OC(C)(C)OC2CO1. The largest absolute Gasteiger partial charge is 0.354 e. The van der Waals surface area contributed by atoms with E-state index in [1.807, 2.05) is 0 Å². The first-order valence-corrected chi connectivity index (χ1v) is 8.75. The van der Waals surface area contributed by atoms with Crippen LogP contribution in [0.15, 0.2) is 0 Å². The Morgan fingerprint density at radius 3 is 2.43 bits per heavy atom. The van der Waals surface area contributed by atoms with Crippen molar-refractivity contribution in [1.29, 1.82) is 0 Å². The summed E-state index contributed by atoms with van der Waals surface area (Å²) in [6.07, 6.45) is -0.374. The predicted octanol–water partition coefficient (Wildman–Crippen LogP) is 0.242. The molecular weight excluding hydrogens is 330 g/mol. The molecule has 2 N–H and O–H groups in total. The maximum atomic E-state index is 11.1. The van der Waals surface area contributed by atoms with Crippen LogP contribution in [0.25, 0.3) is 0 Å². The summed E-state index contributed by atoms with van der Waals surface area (Å²) < 4.78 is 55.4. The van der Waals surface area contributed by atoms with Gasteiger partial charge in [0.25, 0.3) is 0 Å². The molecule has 2 fully saturated rings. The molecule has 2 heterocycles. The van der Waals surface area contributed by atoms with Crippen LogP contribution in [0.3, 0.4) is 0 Å². The average molecular weight is 355 g/mol. The normalized spacial score (nSPS) is 34.3. The molecule has 0 bridgehead atoms. The number of fused-ring (bicyclic) bond motifs is 1. The zero-order chi connectivity index (χ0) is 17.5. The van der Waals surface area contributed by atoms with Crippen LogP contribution in [-0.4, -0.2) is 58.3 Å². The zero-order valence-corrected chi connectivity index (χ0v) is 14.8. The lowest BCUT2D eigenvalue weighted by Gasteiger charge is -2.43. The van der Waals surface area contributed by atoms with Crippen molar-refractivity contribution in [2.75, 3.05) is 20.3 Å². The minimum Gasteiger partial charge on any atom is -0.354 e. The van der Waals surface area contributed by atoms with Gasteiger partial charge in [0.05, 0.1) is 12.7 Å². The van der Waals surface area contributed by atoms with Crippen LogP contribution in [0, 0.1) is 0 Å². The van der Waals surface area contributed by atoms with E-state index in [0.29, 0.717) is 0 Å². The summed E-state index contributed by atoms with van der Waals surface area (Å²) in [6, 6.07) is 0. The van der Waals surface area contributed by atoms with Gasteiger partial charge in [-0.05, 0) is 27.7 Å². The van der Waals surface area contributed by atoms with E-state index in [-0.39, 0.29) is 25.2 Å². The molecule has 23 heavy (non-hydrogen) atoms. The van der Waals surface area contributed by atoms with Crippen molar-refractivity contribution >= 4 is 10.3 Å². The Kier molecular flexibility index (Phi) is 5.11. The first-order chi connectivity index (χ1) is 10.4. The lowest BCUT2D eigenvalue weighted by molar-refractivity contribution is -0.368. The molecule has 0 radical (unpaired) electrons. The summed E-state index contributed by atoms with van der Waals surface area (Å²) in [4.78, 5) is 0. The van der Waals surface area contributed by atoms with E-state index in [0.717, 1.165) is 0 Å². The van der Waals surface area contributed by atoms with E-state index in [4.69, 9.17) is 33.0 Å². The summed E-state index contributed by atoms with van der Waals surface area (Å²) in [7, 11) is -2.67. The molecule has 136 valence electrons. The molecule has 2 aliphatic rings. The van der Waals surface area contributed by atoms with E-state index >= 15 is 0 Å². The van der Waals surface area contributed by atoms with Gasteiger partial charge in [0.15, 0.2) is 17.4 Å². The van der Waals surface area contributed by atoms with Crippen molar-refractivity contribution in [1.82, 2.24) is 0 Å². The molecule has 3 atom stereocenters.